The monoisotopic (exact) mass is 342 g/mol. The first-order valence-electron chi connectivity index (χ1n) is 7.50. The normalized spacial score (nSPS) is 11.9. The SMILES string of the molecule is Cc1oc(C(C)(C)C)cc1C(=O)/C(C#N)=C/Nc1ccc(Cl)cc1. The van der Waals surface area contributed by atoms with Crippen LogP contribution in [0.5, 0.6) is 0 Å². The molecule has 0 amide bonds. The number of nitriles is 1. The van der Waals surface area contributed by atoms with Crippen molar-refractivity contribution in [2.45, 2.75) is 33.1 Å². The van der Waals surface area contributed by atoms with Crippen LogP contribution in [0.15, 0.2) is 46.5 Å². The van der Waals surface area contributed by atoms with Crippen molar-refractivity contribution in [2.24, 2.45) is 0 Å². The molecular weight excluding hydrogens is 324 g/mol. The maximum atomic E-state index is 12.6. The van der Waals surface area contributed by atoms with Crippen molar-refractivity contribution in [1.29, 1.82) is 5.26 Å². The van der Waals surface area contributed by atoms with Crippen molar-refractivity contribution in [1.82, 2.24) is 0 Å². The molecule has 0 saturated heterocycles. The number of ketones is 1. The summed E-state index contributed by atoms with van der Waals surface area (Å²) in [6.45, 7) is 7.73. The number of aryl methyl sites for hydroxylation is 1. The highest BCUT2D eigenvalue weighted by Gasteiger charge is 2.24. The fraction of sp³-hybridized carbons (Fsp3) is 0.263. The Bertz CT molecular complexity index is 819. The number of nitrogens with zero attached hydrogens (tertiary/aromatic N) is 1. The molecule has 4 nitrogen and oxygen atoms in total. The van der Waals surface area contributed by atoms with Gasteiger partial charge < -0.3 is 9.73 Å². The third kappa shape index (κ3) is 4.06. The highest BCUT2D eigenvalue weighted by Crippen LogP contribution is 2.28. The third-order valence-corrected chi connectivity index (χ3v) is 3.75. The summed E-state index contributed by atoms with van der Waals surface area (Å²) in [6, 6.07) is 10.6. The van der Waals surface area contributed by atoms with E-state index in [1.165, 1.54) is 6.20 Å². The molecule has 1 heterocycles. The molecule has 0 aliphatic carbocycles. The van der Waals surface area contributed by atoms with Gasteiger partial charge in [0.15, 0.2) is 0 Å². The van der Waals surface area contributed by atoms with E-state index in [1.807, 2.05) is 26.8 Å². The number of halogens is 1. The summed E-state index contributed by atoms with van der Waals surface area (Å²) >= 11 is 5.83. The number of carbonyl (C=O) groups is 1. The van der Waals surface area contributed by atoms with Gasteiger partial charge in [-0.2, -0.15) is 5.26 Å². The summed E-state index contributed by atoms with van der Waals surface area (Å²) in [4.78, 5) is 12.6. The van der Waals surface area contributed by atoms with Crippen molar-refractivity contribution in [3.8, 4) is 6.07 Å². The summed E-state index contributed by atoms with van der Waals surface area (Å²) in [5.74, 6) is 0.861. The Labute approximate surface area is 146 Å². The number of hydrogen-bond acceptors (Lipinski definition) is 4. The lowest BCUT2D eigenvalue weighted by atomic mass is 9.92. The summed E-state index contributed by atoms with van der Waals surface area (Å²) in [6.07, 6.45) is 1.40. The van der Waals surface area contributed by atoms with Crippen molar-refractivity contribution >= 4 is 23.1 Å². The lowest BCUT2D eigenvalue weighted by molar-refractivity contribution is 0.103. The molecule has 2 aromatic rings. The first-order valence-corrected chi connectivity index (χ1v) is 7.88. The van der Waals surface area contributed by atoms with Gasteiger partial charge in [0, 0.05) is 22.3 Å². The zero-order chi connectivity index (χ0) is 17.9. The van der Waals surface area contributed by atoms with Crippen LogP contribution >= 0.6 is 11.6 Å². The van der Waals surface area contributed by atoms with Gasteiger partial charge in [-0.05, 0) is 37.3 Å². The van der Waals surface area contributed by atoms with Crippen LogP contribution in [0.25, 0.3) is 0 Å². The van der Waals surface area contributed by atoms with Gasteiger partial charge in [-0.25, -0.2) is 0 Å². The molecule has 5 heteroatoms. The van der Waals surface area contributed by atoms with Gasteiger partial charge in [-0.3, -0.25) is 4.79 Å². The van der Waals surface area contributed by atoms with E-state index in [4.69, 9.17) is 16.0 Å². The fourth-order valence-corrected chi connectivity index (χ4v) is 2.20. The number of nitrogens with one attached hydrogen (secondary N) is 1. The lowest BCUT2D eigenvalue weighted by Crippen LogP contribution is -2.09. The Balaban J connectivity index is 2.26. The molecule has 0 atom stereocenters. The largest absolute Gasteiger partial charge is 0.465 e. The number of benzene rings is 1. The second-order valence-corrected chi connectivity index (χ2v) is 6.92. The Morgan fingerprint density at radius 3 is 2.42 bits per heavy atom. The number of furan rings is 1. The molecule has 0 spiro atoms. The minimum Gasteiger partial charge on any atom is -0.465 e. The van der Waals surface area contributed by atoms with E-state index in [-0.39, 0.29) is 16.8 Å². The minimum absolute atomic E-state index is 0.00862. The van der Waals surface area contributed by atoms with Crippen molar-refractivity contribution in [2.75, 3.05) is 5.32 Å². The fourth-order valence-electron chi connectivity index (χ4n) is 2.07. The summed E-state index contributed by atoms with van der Waals surface area (Å²) in [5, 5.41) is 12.9. The van der Waals surface area contributed by atoms with Crippen LogP contribution in [0.4, 0.5) is 5.69 Å². The van der Waals surface area contributed by atoms with E-state index >= 15 is 0 Å². The van der Waals surface area contributed by atoms with Crippen molar-refractivity contribution < 1.29 is 9.21 Å². The van der Waals surface area contributed by atoms with E-state index in [0.29, 0.717) is 22.1 Å². The maximum Gasteiger partial charge on any atom is 0.208 e. The summed E-state index contributed by atoms with van der Waals surface area (Å²) in [5.41, 5.74) is 0.945. The quantitative estimate of drug-likeness (QED) is 0.468. The number of anilines is 1. The van der Waals surface area contributed by atoms with Crippen LogP contribution in [-0.4, -0.2) is 5.78 Å². The van der Waals surface area contributed by atoms with Crippen LogP contribution in [0, 0.1) is 18.3 Å². The molecular formula is C19H19ClN2O2. The molecule has 1 N–H and O–H groups in total. The molecule has 0 radical (unpaired) electrons. The molecule has 124 valence electrons. The molecule has 1 aromatic heterocycles. The smallest absolute Gasteiger partial charge is 0.208 e. The van der Waals surface area contributed by atoms with Crippen LogP contribution in [-0.2, 0) is 5.41 Å². The van der Waals surface area contributed by atoms with E-state index in [0.717, 1.165) is 5.69 Å². The number of carbonyl (C=O) groups excluding carboxylic acids is 1. The predicted molar refractivity (Wildman–Crippen MR) is 95.2 cm³/mol. The van der Waals surface area contributed by atoms with Crippen LogP contribution in [0.2, 0.25) is 5.02 Å². The molecule has 0 saturated carbocycles. The summed E-state index contributed by atoms with van der Waals surface area (Å²) in [7, 11) is 0. The van der Waals surface area contributed by atoms with Gasteiger partial charge in [-0.15, -0.1) is 0 Å². The van der Waals surface area contributed by atoms with E-state index in [9.17, 15) is 10.1 Å². The standard InChI is InChI=1S/C19H19ClN2O2/c1-12-16(9-17(24-12)19(2,3)4)18(23)13(10-21)11-22-15-7-5-14(20)6-8-15/h5-9,11,22H,1-4H3/b13-11+. The maximum absolute atomic E-state index is 12.6. The molecule has 0 unspecified atom stereocenters. The minimum atomic E-state index is -0.365. The average Bonchev–Trinajstić information content (AvgIpc) is 2.91. The lowest BCUT2D eigenvalue weighted by Gasteiger charge is -2.13. The number of allylic oxidation sites excluding steroid dienone is 1. The second-order valence-electron chi connectivity index (χ2n) is 6.48. The molecule has 0 fully saturated rings. The van der Waals surface area contributed by atoms with Crippen LogP contribution < -0.4 is 5.32 Å². The first kappa shape index (κ1) is 17.8. The Morgan fingerprint density at radius 1 is 1.29 bits per heavy atom. The third-order valence-electron chi connectivity index (χ3n) is 3.49. The average molecular weight is 343 g/mol. The van der Waals surface area contributed by atoms with Crippen LogP contribution in [0.1, 0.15) is 42.6 Å². The molecule has 0 aliphatic heterocycles. The highest BCUT2D eigenvalue weighted by molar-refractivity contribution is 6.30. The van der Waals surface area contributed by atoms with Gasteiger partial charge in [0.1, 0.15) is 23.2 Å². The zero-order valence-electron chi connectivity index (χ0n) is 14.1. The van der Waals surface area contributed by atoms with E-state index < -0.39 is 0 Å². The summed E-state index contributed by atoms with van der Waals surface area (Å²) < 4.78 is 5.68. The number of hydrogen-bond donors (Lipinski definition) is 1. The van der Waals surface area contributed by atoms with Gasteiger partial charge in [0.2, 0.25) is 5.78 Å². The Kier molecular flexibility index (Phi) is 5.16. The molecule has 2 rings (SSSR count). The highest BCUT2D eigenvalue weighted by atomic mass is 35.5. The Hall–Kier alpha value is -2.51. The van der Waals surface area contributed by atoms with Gasteiger partial charge >= 0.3 is 0 Å². The van der Waals surface area contributed by atoms with Gasteiger partial charge in [0.05, 0.1) is 5.56 Å². The van der Waals surface area contributed by atoms with Crippen molar-refractivity contribution in [3.63, 3.8) is 0 Å². The molecule has 0 aliphatic rings. The predicted octanol–water partition coefficient (Wildman–Crippen LogP) is 5.24. The first-order chi connectivity index (χ1) is 11.2. The Morgan fingerprint density at radius 2 is 1.92 bits per heavy atom. The molecule has 1 aromatic carbocycles. The van der Waals surface area contributed by atoms with E-state index in [1.54, 1.807) is 37.3 Å². The topological polar surface area (TPSA) is 66.0 Å². The van der Waals surface area contributed by atoms with Gasteiger partial charge in [0.25, 0.3) is 0 Å². The van der Waals surface area contributed by atoms with Crippen molar-refractivity contribution in [3.05, 3.63) is 64.2 Å². The molecule has 24 heavy (non-hydrogen) atoms. The van der Waals surface area contributed by atoms with Gasteiger partial charge in [-0.1, -0.05) is 32.4 Å². The number of rotatable bonds is 4. The number of Topliss-reactive ketones (excluding diaryl/α,β-unsaturated/α-hetero) is 1. The molecule has 0 bridgehead atoms. The zero-order valence-corrected chi connectivity index (χ0v) is 14.9. The van der Waals surface area contributed by atoms with Crippen LogP contribution in [0.3, 0.4) is 0 Å². The second kappa shape index (κ2) is 6.94. The van der Waals surface area contributed by atoms with E-state index in [2.05, 4.69) is 5.32 Å².